The molecule has 2 aromatic heterocycles. The van der Waals surface area contributed by atoms with Crippen LogP contribution >= 0.6 is 11.8 Å². The van der Waals surface area contributed by atoms with Crippen LogP contribution in [0.4, 0.5) is 5.82 Å². The number of aromatic nitrogens is 3. The third-order valence-electron chi connectivity index (χ3n) is 2.67. The number of thioether (sulfide) groups is 1. The van der Waals surface area contributed by atoms with Crippen LogP contribution in [0.2, 0.25) is 0 Å². The van der Waals surface area contributed by atoms with E-state index in [4.69, 9.17) is 0 Å². The minimum atomic E-state index is -0.211. The van der Waals surface area contributed by atoms with Crippen LogP contribution in [0.3, 0.4) is 0 Å². The maximum atomic E-state index is 11.1. The van der Waals surface area contributed by atoms with Gasteiger partial charge in [0.05, 0.1) is 19.7 Å². The Morgan fingerprint density at radius 3 is 3.15 bits per heavy atom. The Balaban J connectivity index is 2.12. The number of hydrogen-bond donors (Lipinski definition) is 1. The highest BCUT2D eigenvalue weighted by atomic mass is 32.2. The average molecular weight is 294 g/mol. The summed E-state index contributed by atoms with van der Waals surface area (Å²) in [5, 5.41) is 4.08. The molecule has 0 saturated carbocycles. The number of ether oxygens (including phenoxy) is 1. The lowest BCUT2D eigenvalue weighted by Gasteiger charge is -2.08. The molecule has 0 atom stereocenters. The van der Waals surface area contributed by atoms with Gasteiger partial charge >= 0.3 is 5.97 Å². The first-order valence-corrected chi connectivity index (χ1v) is 7.50. The Labute approximate surface area is 121 Å². The molecule has 0 spiro atoms. The topological polar surface area (TPSA) is 68.5 Å². The van der Waals surface area contributed by atoms with Gasteiger partial charge in [0.15, 0.2) is 5.65 Å². The molecule has 0 aliphatic rings. The van der Waals surface area contributed by atoms with Gasteiger partial charge in [0.1, 0.15) is 10.8 Å². The van der Waals surface area contributed by atoms with Gasteiger partial charge in [-0.25, -0.2) is 9.97 Å². The molecule has 2 rings (SSSR count). The van der Waals surface area contributed by atoms with Crippen molar-refractivity contribution in [2.75, 3.05) is 24.7 Å². The first-order chi connectivity index (χ1) is 9.74. The quantitative estimate of drug-likeness (QED) is 0.624. The van der Waals surface area contributed by atoms with Gasteiger partial charge in [-0.2, -0.15) is 0 Å². The van der Waals surface area contributed by atoms with Crippen LogP contribution in [0, 0.1) is 0 Å². The summed E-state index contributed by atoms with van der Waals surface area (Å²) in [6, 6.07) is 0. The fraction of sp³-hybridized carbons (Fsp3) is 0.462. The molecular formula is C13H18N4O2S. The minimum Gasteiger partial charge on any atom is -0.469 e. The van der Waals surface area contributed by atoms with Crippen LogP contribution in [-0.4, -0.2) is 39.7 Å². The fourth-order valence-corrected chi connectivity index (χ4v) is 2.58. The van der Waals surface area contributed by atoms with Gasteiger partial charge in [0.2, 0.25) is 0 Å². The Bertz CT molecular complexity index is 585. The van der Waals surface area contributed by atoms with E-state index in [0.717, 1.165) is 29.5 Å². The zero-order chi connectivity index (χ0) is 14.4. The Hall–Kier alpha value is -1.76. The van der Waals surface area contributed by atoms with Crippen molar-refractivity contribution in [2.45, 2.75) is 24.8 Å². The van der Waals surface area contributed by atoms with Gasteiger partial charge in [0, 0.05) is 24.7 Å². The van der Waals surface area contributed by atoms with E-state index in [1.54, 1.807) is 6.20 Å². The van der Waals surface area contributed by atoms with Crippen LogP contribution in [0.1, 0.15) is 19.8 Å². The molecule has 1 N–H and O–H groups in total. The number of anilines is 1. The molecule has 7 heteroatoms. The van der Waals surface area contributed by atoms with Crippen molar-refractivity contribution in [3.63, 3.8) is 0 Å². The van der Waals surface area contributed by atoms with Crippen LogP contribution in [0.25, 0.3) is 5.65 Å². The summed E-state index contributed by atoms with van der Waals surface area (Å²) in [6.07, 6.45) is 6.95. The van der Waals surface area contributed by atoms with E-state index in [1.807, 2.05) is 16.8 Å². The van der Waals surface area contributed by atoms with Crippen molar-refractivity contribution in [2.24, 2.45) is 0 Å². The molecule has 0 bridgehead atoms. The number of esters is 1. The van der Waals surface area contributed by atoms with Gasteiger partial charge in [0.25, 0.3) is 0 Å². The Kier molecular flexibility index (Phi) is 5.23. The summed E-state index contributed by atoms with van der Waals surface area (Å²) in [7, 11) is 1.40. The predicted octanol–water partition coefficient (Wildman–Crippen LogP) is 2.21. The maximum absolute atomic E-state index is 11.1. The Morgan fingerprint density at radius 2 is 2.40 bits per heavy atom. The summed E-state index contributed by atoms with van der Waals surface area (Å²) in [5.74, 6) is 1.23. The predicted molar refractivity (Wildman–Crippen MR) is 79.1 cm³/mol. The zero-order valence-corrected chi connectivity index (χ0v) is 12.4. The highest BCUT2D eigenvalue weighted by molar-refractivity contribution is 7.99. The summed E-state index contributed by atoms with van der Waals surface area (Å²) >= 11 is 1.51. The monoisotopic (exact) mass is 294 g/mol. The number of carbonyl (C=O) groups is 1. The van der Waals surface area contributed by atoms with Crippen molar-refractivity contribution in [1.29, 1.82) is 0 Å². The third kappa shape index (κ3) is 3.63. The second-order valence-electron chi connectivity index (χ2n) is 4.19. The molecule has 108 valence electrons. The number of methoxy groups -OCH3 is 1. The first-order valence-electron chi connectivity index (χ1n) is 6.51. The van der Waals surface area contributed by atoms with E-state index in [-0.39, 0.29) is 5.97 Å². The molecule has 0 radical (unpaired) electrons. The fourth-order valence-electron chi connectivity index (χ4n) is 1.67. The second kappa shape index (κ2) is 7.14. The van der Waals surface area contributed by atoms with Crippen molar-refractivity contribution in [3.05, 3.63) is 18.6 Å². The highest BCUT2D eigenvalue weighted by Crippen LogP contribution is 2.23. The summed E-state index contributed by atoms with van der Waals surface area (Å²) in [6.45, 7) is 2.98. The molecule has 20 heavy (non-hydrogen) atoms. The number of rotatable bonds is 7. The number of imidazole rings is 1. The van der Waals surface area contributed by atoms with Crippen molar-refractivity contribution in [3.8, 4) is 0 Å². The molecule has 0 unspecified atom stereocenters. The van der Waals surface area contributed by atoms with Crippen molar-refractivity contribution >= 4 is 29.2 Å². The molecule has 0 aliphatic heterocycles. The number of hydrogen-bond acceptors (Lipinski definition) is 6. The molecule has 0 fully saturated rings. The largest absolute Gasteiger partial charge is 0.469 e. The lowest BCUT2D eigenvalue weighted by Crippen LogP contribution is -2.05. The van der Waals surface area contributed by atoms with Crippen molar-refractivity contribution in [1.82, 2.24) is 14.4 Å². The molecule has 0 saturated heterocycles. The highest BCUT2D eigenvalue weighted by Gasteiger charge is 2.09. The molecule has 2 aromatic rings. The normalized spacial score (nSPS) is 10.7. The van der Waals surface area contributed by atoms with Gasteiger partial charge in [-0.3, -0.25) is 4.79 Å². The lowest BCUT2D eigenvalue weighted by atomic mass is 10.5. The zero-order valence-electron chi connectivity index (χ0n) is 11.6. The summed E-state index contributed by atoms with van der Waals surface area (Å²) in [4.78, 5) is 20.0. The summed E-state index contributed by atoms with van der Waals surface area (Å²) in [5.41, 5.74) is 0.807. The number of fused-ring (bicyclic) bond motifs is 1. The maximum Gasteiger partial charge on any atom is 0.306 e. The van der Waals surface area contributed by atoms with E-state index >= 15 is 0 Å². The molecule has 0 amide bonds. The van der Waals surface area contributed by atoms with Crippen LogP contribution in [0.15, 0.2) is 23.6 Å². The SMILES string of the molecule is CCCNc1cn2ccnc2c(SCCC(=O)OC)n1. The average Bonchev–Trinajstić information content (AvgIpc) is 2.93. The van der Waals surface area contributed by atoms with E-state index in [0.29, 0.717) is 12.2 Å². The standard InChI is InChI=1S/C13H18N4O2S/c1-3-5-14-10-9-17-7-6-15-12(17)13(16-10)20-8-4-11(18)19-2/h6-7,9,14H,3-5,8H2,1-2H3. The summed E-state index contributed by atoms with van der Waals surface area (Å²) < 4.78 is 6.57. The number of nitrogens with zero attached hydrogens (tertiary/aromatic N) is 3. The molecule has 6 nitrogen and oxygen atoms in total. The molecule has 0 aliphatic carbocycles. The molecule has 2 heterocycles. The van der Waals surface area contributed by atoms with Crippen molar-refractivity contribution < 1.29 is 9.53 Å². The van der Waals surface area contributed by atoms with Gasteiger partial charge in [-0.15, -0.1) is 11.8 Å². The van der Waals surface area contributed by atoms with E-state index in [1.165, 1.54) is 18.9 Å². The third-order valence-corrected chi connectivity index (χ3v) is 3.63. The molecular weight excluding hydrogens is 276 g/mol. The van der Waals surface area contributed by atoms with E-state index in [9.17, 15) is 4.79 Å². The van der Waals surface area contributed by atoms with Gasteiger partial charge in [-0.05, 0) is 6.42 Å². The Morgan fingerprint density at radius 1 is 1.55 bits per heavy atom. The van der Waals surface area contributed by atoms with Crippen LogP contribution < -0.4 is 5.32 Å². The molecule has 0 aromatic carbocycles. The first kappa shape index (κ1) is 14.6. The smallest absolute Gasteiger partial charge is 0.306 e. The van der Waals surface area contributed by atoms with Crippen LogP contribution in [-0.2, 0) is 9.53 Å². The number of carbonyl (C=O) groups excluding carboxylic acids is 1. The van der Waals surface area contributed by atoms with Gasteiger partial charge < -0.3 is 14.5 Å². The number of nitrogens with one attached hydrogen (secondary N) is 1. The lowest BCUT2D eigenvalue weighted by molar-refractivity contribution is -0.140. The van der Waals surface area contributed by atoms with E-state index < -0.39 is 0 Å². The second-order valence-corrected chi connectivity index (χ2v) is 5.27. The van der Waals surface area contributed by atoms with Gasteiger partial charge in [-0.1, -0.05) is 6.92 Å². The van der Waals surface area contributed by atoms with E-state index in [2.05, 4.69) is 26.9 Å². The van der Waals surface area contributed by atoms with Crippen LogP contribution in [0.5, 0.6) is 0 Å². The minimum absolute atomic E-state index is 0.211.